The first-order valence-electron chi connectivity index (χ1n) is 2.15. The van der Waals surface area contributed by atoms with Crippen LogP contribution < -0.4 is 17.0 Å². The van der Waals surface area contributed by atoms with Gasteiger partial charge in [-0.25, -0.2) is 5.84 Å². The van der Waals surface area contributed by atoms with E-state index in [1.807, 2.05) is 0 Å². The van der Waals surface area contributed by atoms with E-state index in [0.717, 1.165) is 12.2 Å². The van der Waals surface area contributed by atoms with Crippen molar-refractivity contribution in [1.29, 1.82) is 0 Å². The molecular formula is C4H7N3O2. The Morgan fingerprint density at radius 3 is 2.22 bits per heavy atom. The molecule has 5 heteroatoms. The lowest BCUT2D eigenvalue weighted by atomic mass is 10.5. The topological polar surface area (TPSA) is 98.2 Å². The summed E-state index contributed by atoms with van der Waals surface area (Å²) < 4.78 is 0. The van der Waals surface area contributed by atoms with Crippen molar-refractivity contribution in [3.63, 3.8) is 0 Å². The average molecular weight is 129 g/mol. The molecule has 0 aromatic heterocycles. The van der Waals surface area contributed by atoms with Gasteiger partial charge in [-0.2, -0.15) is 0 Å². The Balaban J connectivity index is 3.71. The maximum atomic E-state index is 10.2. The number of carbonyl (C=O) groups excluding carboxylic acids is 2. The summed E-state index contributed by atoms with van der Waals surface area (Å²) in [5.41, 5.74) is 6.44. The van der Waals surface area contributed by atoms with E-state index in [9.17, 15) is 9.59 Å². The molecule has 0 aliphatic heterocycles. The lowest BCUT2D eigenvalue weighted by Gasteiger charge is -1.86. The number of amides is 2. The van der Waals surface area contributed by atoms with Gasteiger partial charge in [0.2, 0.25) is 5.91 Å². The van der Waals surface area contributed by atoms with Crippen LogP contribution in [0.4, 0.5) is 0 Å². The van der Waals surface area contributed by atoms with Crippen LogP contribution in [-0.2, 0) is 9.59 Å². The van der Waals surface area contributed by atoms with Crippen molar-refractivity contribution in [2.75, 3.05) is 0 Å². The maximum absolute atomic E-state index is 10.2. The second-order valence-corrected chi connectivity index (χ2v) is 1.24. The van der Waals surface area contributed by atoms with Gasteiger partial charge in [-0.1, -0.05) is 0 Å². The smallest absolute Gasteiger partial charge is 0.258 e. The summed E-state index contributed by atoms with van der Waals surface area (Å²) in [6, 6.07) is 0. The summed E-state index contributed by atoms with van der Waals surface area (Å²) in [4.78, 5) is 20.1. The Kier molecular flexibility index (Phi) is 3.07. The number of carbonyl (C=O) groups is 2. The number of hydrazine groups is 1. The van der Waals surface area contributed by atoms with Gasteiger partial charge in [0.05, 0.1) is 0 Å². The zero-order chi connectivity index (χ0) is 7.28. The fraction of sp³-hybridized carbons (Fsp3) is 0. The fourth-order valence-electron chi connectivity index (χ4n) is 0.206. The molecule has 0 bridgehead atoms. The number of nitrogens with two attached hydrogens (primary N) is 2. The van der Waals surface area contributed by atoms with Crippen LogP contribution in [-0.4, -0.2) is 11.8 Å². The van der Waals surface area contributed by atoms with E-state index in [1.165, 1.54) is 0 Å². The molecule has 0 rings (SSSR count). The molecule has 0 aliphatic carbocycles. The van der Waals surface area contributed by atoms with Crippen LogP contribution in [0.5, 0.6) is 0 Å². The molecule has 0 spiro atoms. The largest absolute Gasteiger partial charge is 0.366 e. The molecule has 0 fully saturated rings. The predicted octanol–water partition coefficient (Wildman–Crippen LogP) is -1.98. The Hall–Kier alpha value is -1.36. The van der Waals surface area contributed by atoms with E-state index in [1.54, 1.807) is 5.43 Å². The molecule has 5 N–H and O–H groups in total. The normalized spacial score (nSPS) is 9.44. The first-order chi connectivity index (χ1) is 4.16. The third-order valence-electron chi connectivity index (χ3n) is 0.541. The van der Waals surface area contributed by atoms with E-state index >= 15 is 0 Å². The molecule has 0 aliphatic rings. The monoisotopic (exact) mass is 129 g/mol. The van der Waals surface area contributed by atoms with E-state index < -0.39 is 11.8 Å². The third kappa shape index (κ3) is 4.49. The molecule has 9 heavy (non-hydrogen) atoms. The van der Waals surface area contributed by atoms with E-state index in [4.69, 9.17) is 0 Å². The average Bonchev–Trinajstić information content (AvgIpc) is 1.83. The molecule has 0 saturated carbocycles. The van der Waals surface area contributed by atoms with Crippen LogP contribution in [0.1, 0.15) is 0 Å². The summed E-state index contributed by atoms with van der Waals surface area (Å²) in [6.07, 6.45) is 1.87. The van der Waals surface area contributed by atoms with Crippen molar-refractivity contribution < 1.29 is 9.59 Å². The molecule has 0 heterocycles. The molecule has 0 aromatic carbocycles. The van der Waals surface area contributed by atoms with Gasteiger partial charge in [-0.15, -0.1) is 0 Å². The van der Waals surface area contributed by atoms with Gasteiger partial charge in [-0.3, -0.25) is 15.0 Å². The van der Waals surface area contributed by atoms with Crippen molar-refractivity contribution >= 4 is 11.8 Å². The van der Waals surface area contributed by atoms with Gasteiger partial charge >= 0.3 is 0 Å². The third-order valence-corrected chi connectivity index (χ3v) is 0.541. The minimum atomic E-state index is -0.682. The van der Waals surface area contributed by atoms with Gasteiger partial charge in [0.1, 0.15) is 0 Å². The number of hydrogen-bond acceptors (Lipinski definition) is 3. The highest BCUT2D eigenvalue weighted by Crippen LogP contribution is 1.68. The van der Waals surface area contributed by atoms with Crippen molar-refractivity contribution in [3.05, 3.63) is 12.2 Å². The molecule has 0 atom stereocenters. The van der Waals surface area contributed by atoms with Gasteiger partial charge in [0, 0.05) is 12.2 Å². The Morgan fingerprint density at radius 1 is 1.33 bits per heavy atom. The highest BCUT2D eigenvalue weighted by Gasteiger charge is 1.88. The summed E-state index contributed by atoms with van der Waals surface area (Å²) >= 11 is 0. The standard InChI is InChI=1S/C4H7N3O2/c5-3(8)1-2-4(9)7-6/h1-2H,6H2,(H2,5,8)(H,7,9). The predicted molar refractivity (Wildman–Crippen MR) is 30.7 cm³/mol. The molecule has 5 nitrogen and oxygen atoms in total. The number of hydrogen-bond donors (Lipinski definition) is 3. The second-order valence-electron chi connectivity index (χ2n) is 1.24. The molecule has 0 radical (unpaired) electrons. The summed E-state index contributed by atoms with van der Waals surface area (Å²) in [6.45, 7) is 0. The SMILES string of the molecule is NNC(=O)C=CC(N)=O. The van der Waals surface area contributed by atoms with Gasteiger partial charge in [0.25, 0.3) is 5.91 Å². The van der Waals surface area contributed by atoms with Crippen molar-refractivity contribution in [2.24, 2.45) is 11.6 Å². The molecule has 0 aromatic rings. The minimum absolute atomic E-state index is 0.561. The van der Waals surface area contributed by atoms with Gasteiger partial charge in [-0.05, 0) is 0 Å². The van der Waals surface area contributed by atoms with E-state index in [-0.39, 0.29) is 0 Å². The summed E-state index contributed by atoms with van der Waals surface area (Å²) in [5, 5.41) is 0. The molecule has 50 valence electrons. The van der Waals surface area contributed by atoms with Gasteiger partial charge < -0.3 is 5.73 Å². The van der Waals surface area contributed by atoms with Crippen molar-refractivity contribution in [3.8, 4) is 0 Å². The summed E-state index contributed by atoms with van der Waals surface area (Å²) in [5.74, 6) is 3.41. The van der Waals surface area contributed by atoms with Crippen molar-refractivity contribution in [2.45, 2.75) is 0 Å². The van der Waals surface area contributed by atoms with Crippen LogP contribution in [0.25, 0.3) is 0 Å². The highest BCUT2D eigenvalue weighted by molar-refractivity contribution is 5.95. The van der Waals surface area contributed by atoms with Crippen LogP contribution >= 0.6 is 0 Å². The Morgan fingerprint density at radius 2 is 1.89 bits per heavy atom. The molecule has 0 saturated heterocycles. The number of rotatable bonds is 2. The summed E-state index contributed by atoms with van der Waals surface area (Å²) in [7, 11) is 0. The second kappa shape index (κ2) is 3.62. The maximum Gasteiger partial charge on any atom is 0.258 e. The first kappa shape index (κ1) is 7.64. The van der Waals surface area contributed by atoms with E-state index in [2.05, 4.69) is 11.6 Å². The molecule has 0 unspecified atom stereocenters. The molecule has 2 amide bonds. The zero-order valence-corrected chi connectivity index (χ0v) is 4.63. The molecular weight excluding hydrogens is 122 g/mol. The lowest BCUT2D eigenvalue weighted by Crippen LogP contribution is -2.28. The van der Waals surface area contributed by atoms with Crippen LogP contribution in [0, 0.1) is 0 Å². The fourth-order valence-corrected chi connectivity index (χ4v) is 0.206. The van der Waals surface area contributed by atoms with Gasteiger partial charge in [0.15, 0.2) is 0 Å². The van der Waals surface area contributed by atoms with Crippen LogP contribution in [0.3, 0.4) is 0 Å². The van der Waals surface area contributed by atoms with Crippen molar-refractivity contribution in [1.82, 2.24) is 5.43 Å². The highest BCUT2D eigenvalue weighted by atomic mass is 16.2. The lowest BCUT2D eigenvalue weighted by molar-refractivity contribution is -0.117. The quantitative estimate of drug-likeness (QED) is 0.174. The minimum Gasteiger partial charge on any atom is -0.366 e. The first-order valence-corrected chi connectivity index (χ1v) is 2.15. The van der Waals surface area contributed by atoms with Crippen LogP contribution in [0.2, 0.25) is 0 Å². The Labute approximate surface area is 51.7 Å². The Bertz CT molecular complexity index is 152. The zero-order valence-electron chi connectivity index (χ0n) is 4.63. The number of primary amides is 1. The van der Waals surface area contributed by atoms with Crippen LogP contribution in [0.15, 0.2) is 12.2 Å². The van der Waals surface area contributed by atoms with E-state index in [0.29, 0.717) is 0 Å². The number of nitrogens with one attached hydrogen (secondary N) is 1.